The topological polar surface area (TPSA) is 72.2 Å². The zero-order valence-corrected chi connectivity index (χ0v) is 9.78. The summed E-state index contributed by atoms with van der Waals surface area (Å²) in [6, 6.07) is 2.43. The quantitative estimate of drug-likeness (QED) is 0.788. The van der Waals surface area contributed by atoms with Crippen molar-refractivity contribution in [2.24, 2.45) is 5.73 Å². The van der Waals surface area contributed by atoms with E-state index in [9.17, 15) is 26.0 Å². The number of nitrogens with one attached hydrogen (secondary N) is 1. The number of nitrogens with two attached hydrogens (primary N) is 1. The zero-order valence-electron chi connectivity index (χ0n) is 8.96. The predicted molar refractivity (Wildman–Crippen MR) is 55.5 cm³/mol. The summed E-state index contributed by atoms with van der Waals surface area (Å²) in [6.07, 6.45) is 0. The maximum Gasteiger partial charge on any atom is 0.273 e. The molecular formula is C9H10F4N2O2S. The van der Waals surface area contributed by atoms with Gasteiger partial charge in [-0.3, -0.25) is 0 Å². The summed E-state index contributed by atoms with van der Waals surface area (Å²) in [4.78, 5) is -1.03. The minimum atomic E-state index is -4.56. The summed E-state index contributed by atoms with van der Waals surface area (Å²) in [7, 11) is -4.56. The normalized spacial score (nSPS) is 12.7. The third-order valence-corrected chi connectivity index (χ3v) is 3.44. The second kappa shape index (κ2) is 5.21. The van der Waals surface area contributed by atoms with Crippen LogP contribution < -0.4 is 10.5 Å². The van der Waals surface area contributed by atoms with Crippen LogP contribution in [0.3, 0.4) is 0 Å². The van der Waals surface area contributed by atoms with Crippen molar-refractivity contribution in [2.45, 2.75) is 10.8 Å². The van der Waals surface area contributed by atoms with E-state index >= 15 is 0 Å². The molecule has 0 radical (unpaired) electrons. The Bertz CT molecular complexity index is 533. The molecule has 0 atom stereocenters. The molecule has 1 aromatic rings. The van der Waals surface area contributed by atoms with Gasteiger partial charge in [-0.05, 0) is 12.1 Å². The van der Waals surface area contributed by atoms with Crippen LogP contribution >= 0.6 is 0 Å². The number of rotatable bonds is 5. The summed E-state index contributed by atoms with van der Waals surface area (Å²) in [5.74, 6) is -6.47. The fourth-order valence-corrected chi connectivity index (χ4v) is 2.19. The number of sulfonamides is 1. The highest BCUT2D eigenvalue weighted by Crippen LogP contribution is 2.18. The third-order valence-electron chi connectivity index (χ3n) is 2.03. The lowest BCUT2D eigenvalue weighted by molar-refractivity contribution is 0.0170. The Labute approximate surface area is 101 Å². The van der Waals surface area contributed by atoms with Crippen molar-refractivity contribution in [3.8, 4) is 0 Å². The van der Waals surface area contributed by atoms with Gasteiger partial charge in [-0.15, -0.1) is 0 Å². The Morgan fingerprint density at radius 2 is 1.89 bits per heavy atom. The van der Waals surface area contributed by atoms with Crippen LogP contribution in [0.5, 0.6) is 0 Å². The first kappa shape index (κ1) is 14.9. The maximum atomic E-state index is 13.2. The highest BCUT2D eigenvalue weighted by atomic mass is 32.2. The van der Waals surface area contributed by atoms with Crippen molar-refractivity contribution < 1.29 is 26.0 Å². The molecule has 18 heavy (non-hydrogen) atoms. The largest absolute Gasteiger partial charge is 0.325 e. The van der Waals surface area contributed by atoms with E-state index in [4.69, 9.17) is 5.73 Å². The molecule has 0 unspecified atom stereocenters. The van der Waals surface area contributed by atoms with Crippen LogP contribution in [-0.2, 0) is 10.0 Å². The molecule has 0 saturated carbocycles. The molecular weight excluding hydrogens is 276 g/mol. The van der Waals surface area contributed by atoms with Crippen molar-refractivity contribution in [3.63, 3.8) is 0 Å². The van der Waals surface area contributed by atoms with Crippen LogP contribution in [0.1, 0.15) is 0 Å². The van der Waals surface area contributed by atoms with E-state index in [1.54, 1.807) is 0 Å². The molecule has 4 nitrogen and oxygen atoms in total. The Balaban J connectivity index is 2.98. The van der Waals surface area contributed by atoms with Crippen molar-refractivity contribution >= 4 is 10.0 Å². The van der Waals surface area contributed by atoms with E-state index < -0.39 is 45.6 Å². The molecule has 0 fully saturated rings. The third kappa shape index (κ3) is 3.40. The lowest BCUT2D eigenvalue weighted by Gasteiger charge is -2.15. The molecule has 0 bridgehead atoms. The van der Waals surface area contributed by atoms with Gasteiger partial charge in [0.05, 0.1) is 13.1 Å². The van der Waals surface area contributed by atoms with Crippen LogP contribution in [0.4, 0.5) is 17.6 Å². The summed E-state index contributed by atoms with van der Waals surface area (Å²) < 4.78 is 75.9. The molecule has 102 valence electrons. The minimum Gasteiger partial charge on any atom is -0.325 e. The van der Waals surface area contributed by atoms with Crippen LogP contribution in [0, 0.1) is 11.6 Å². The van der Waals surface area contributed by atoms with Gasteiger partial charge < -0.3 is 5.73 Å². The lowest BCUT2D eigenvalue weighted by Crippen LogP contribution is -2.41. The Morgan fingerprint density at radius 3 is 2.44 bits per heavy atom. The fraction of sp³-hybridized carbons (Fsp3) is 0.333. The molecule has 0 aliphatic heterocycles. The summed E-state index contributed by atoms with van der Waals surface area (Å²) >= 11 is 0. The van der Waals surface area contributed by atoms with Gasteiger partial charge in [-0.25, -0.2) is 30.7 Å². The Kier molecular flexibility index (Phi) is 4.30. The van der Waals surface area contributed by atoms with E-state index in [1.807, 2.05) is 0 Å². The van der Waals surface area contributed by atoms with E-state index in [0.717, 1.165) is 12.1 Å². The molecule has 0 aliphatic rings. The summed E-state index contributed by atoms with van der Waals surface area (Å²) in [5.41, 5.74) is 4.71. The van der Waals surface area contributed by atoms with Gasteiger partial charge >= 0.3 is 0 Å². The van der Waals surface area contributed by atoms with Gasteiger partial charge in [0.2, 0.25) is 10.0 Å². The number of hydrogen-bond acceptors (Lipinski definition) is 3. The van der Waals surface area contributed by atoms with Crippen molar-refractivity contribution in [1.29, 1.82) is 0 Å². The fourth-order valence-electron chi connectivity index (χ4n) is 1.04. The van der Waals surface area contributed by atoms with Crippen molar-refractivity contribution in [1.82, 2.24) is 4.72 Å². The average molecular weight is 286 g/mol. The second-order valence-corrected chi connectivity index (χ2v) is 5.17. The molecule has 1 aromatic carbocycles. The SMILES string of the molecule is NCC(F)(F)CNS(=O)(=O)c1cccc(F)c1F. The number of benzene rings is 1. The smallest absolute Gasteiger partial charge is 0.273 e. The van der Waals surface area contributed by atoms with Gasteiger partial charge in [0.1, 0.15) is 4.90 Å². The first-order valence-corrected chi connectivity index (χ1v) is 6.19. The molecule has 0 aliphatic carbocycles. The minimum absolute atomic E-state index is 0.711. The van der Waals surface area contributed by atoms with Gasteiger partial charge in [0, 0.05) is 0 Å². The van der Waals surface area contributed by atoms with E-state index in [1.165, 1.54) is 4.72 Å². The standard InChI is InChI=1S/C9H10F4N2O2S/c10-6-2-1-3-7(8(6)11)18(16,17)15-5-9(12,13)4-14/h1-3,15H,4-5,14H2. The van der Waals surface area contributed by atoms with E-state index in [0.29, 0.717) is 6.07 Å². The van der Waals surface area contributed by atoms with Gasteiger partial charge in [0.25, 0.3) is 5.92 Å². The summed E-state index contributed by atoms with van der Waals surface area (Å²) in [5, 5.41) is 0. The van der Waals surface area contributed by atoms with E-state index in [2.05, 4.69) is 0 Å². The highest BCUT2D eigenvalue weighted by Gasteiger charge is 2.30. The molecule has 9 heteroatoms. The zero-order chi connectivity index (χ0) is 14.0. The van der Waals surface area contributed by atoms with E-state index in [-0.39, 0.29) is 0 Å². The van der Waals surface area contributed by atoms with Crippen molar-refractivity contribution in [2.75, 3.05) is 13.1 Å². The number of hydrogen-bond donors (Lipinski definition) is 2. The summed E-state index contributed by atoms with van der Waals surface area (Å²) in [6.45, 7) is -2.36. The Hall–Kier alpha value is -1.19. The van der Waals surface area contributed by atoms with Gasteiger partial charge in [-0.2, -0.15) is 0 Å². The number of halogens is 4. The van der Waals surface area contributed by atoms with Crippen LogP contribution in [0.25, 0.3) is 0 Å². The molecule has 3 N–H and O–H groups in total. The van der Waals surface area contributed by atoms with Gasteiger partial charge in [0.15, 0.2) is 11.6 Å². The van der Waals surface area contributed by atoms with Crippen LogP contribution in [-0.4, -0.2) is 27.4 Å². The molecule has 0 aromatic heterocycles. The molecule has 0 spiro atoms. The lowest BCUT2D eigenvalue weighted by atomic mass is 10.3. The first-order chi connectivity index (χ1) is 8.19. The predicted octanol–water partition coefficient (Wildman–Crippen LogP) is 0.837. The second-order valence-electron chi connectivity index (χ2n) is 3.44. The maximum absolute atomic E-state index is 13.2. The Morgan fingerprint density at radius 1 is 1.28 bits per heavy atom. The monoisotopic (exact) mass is 286 g/mol. The van der Waals surface area contributed by atoms with Crippen LogP contribution in [0.15, 0.2) is 23.1 Å². The molecule has 0 saturated heterocycles. The first-order valence-electron chi connectivity index (χ1n) is 4.71. The molecule has 0 heterocycles. The molecule has 1 rings (SSSR count). The molecule has 0 amide bonds. The van der Waals surface area contributed by atoms with Crippen LogP contribution in [0.2, 0.25) is 0 Å². The average Bonchev–Trinajstić information content (AvgIpc) is 2.30. The highest BCUT2D eigenvalue weighted by molar-refractivity contribution is 7.89. The van der Waals surface area contributed by atoms with Gasteiger partial charge in [-0.1, -0.05) is 6.07 Å². The van der Waals surface area contributed by atoms with Crippen molar-refractivity contribution in [3.05, 3.63) is 29.8 Å². The number of alkyl halides is 2.